The normalized spacial score (nSPS) is 21.5. The van der Waals surface area contributed by atoms with Gasteiger partial charge in [-0.05, 0) is 14.0 Å². The standard InChI is InChI=1S/C10H20F3N3O2S/c1-9(7-14-2)19(17,18)16-5-3-15(4-6-16)8-10(11,12)13/h9,14H,3-8H2,1-2H3. The molecular formula is C10H20F3N3O2S. The van der Waals surface area contributed by atoms with Crippen LogP contribution < -0.4 is 5.32 Å². The van der Waals surface area contributed by atoms with Crippen molar-refractivity contribution in [3.05, 3.63) is 0 Å². The molecule has 0 aromatic heterocycles. The molecule has 0 radical (unpaired) electrons. The molecule has 1 unspecified atom stereocenters. The SMILES string of the molecule is CNCC(C)S(=O)(=O)N1CCN(CC(F)(F)F)CC1. The predicted octanol–water partition coefficient (Wildman–Crippen LogP) is 0.104. The van der Waals surface area contributed by atoms with Crippen LogP contribution in [0.3, 0.4) is 0 Å². The lowest BCUT2D eigenvalue weighted by Gasteiger charge is -2.35. The van der Waals surface area contributed by atoms with Crippen LogP contribution >= 0.6 is 0 Å². The van der Waals surface area contributed by atoms with Crippen molar-refractivity contribution >= 4 is 10.0 Å². The van der Waals surface area contributed by atoms with Crippen LogP contribution in [0.25, 0.3) is 0 Å². The quantitative estimate of drug-likeness (QED) is 0.783. The highest BCUT2D eigenvalue weighted by Crippen LogP contribution is 2.19. The summed E-state index contributed by atoms with van der Waals surface area (Å²) < 4.78 is 62.2. The Labute approximate surface area is 111 Å². The van der Waals surface area contributed by atoms with Crippen molar-refractivity contribution < 1.29 is 21.6 Å². The first-order chi connectivity index (χ1) is 8.66. The minimum Gasteiger partial charge on any atom is -0.318 e. The summed E-state index contributed by atoms with van der Waals surface area (Å²) in [6.45, 7) is 1.40. The van der Waals surface area contributed by atoms with Crippen molar-refractivity contribution in [3.8, 4) is 0 Å². The van der Waals surface area contributed by atoms with Gasteiger partial charge in [0.1, 0.15) is 0 Å². The van der Waals surface area contributed by atoms with Crippen LogP contribution in [0.5, 0.6) is 0 Å². The van der Waals surface area contributed by atoms with E-state index in [-0.39, 0.29) is 26.2 Å². The van der Waals surface area contributed by atoms with Gasteiger partial charge < -0.3 is 5.32 Å². The first-order valence-corrected chi connectivity index (χ1v) is 7.60. The van der Waals surface area contributed by atoms with Crippen LogP contribution in [-0.4, -0.2) is 75.4 Å². The second-order valence-electron chi connectivity index (χ2n) is 4.70. The number of sulfonamides is 1. The minimum atomic E-state index is -4.24. The number of hydrogen-bond acceptors (Lipinski definition) is 4. The molecule has 1 saturated heterocycles. The van der Waals surface area contributed by atoms with Crippen molar-refractivity contribution in [2.75, 3.05) is 46.3 Å². The third-order valence-corrected chi connectivity index (χ3v) is 5.36. The van der Waals surface area contributed by atoms with Crippen molar-refractivity contribution in [2.24, 2.45) is 0 Å². The summed E-state index contributed by atoms with van der Waals surface area (Å²) in [6, 6.07) is 0. The molecule has 0 aromatic rings. The van der Waals surface area contributed by atoms with Gasteiger partial charge in [0.25, 0.3) is 0 Å². The molecule has 114 valence electrons. The van der Waals surface area contributed by atoms with Crippen LogP contribution in [0.1, 0.15) is 6.92 Å². The average Bonchev–Trinajstić information content (AvgIpc) is 2.27. The topological polar surface area (TPSA) is 52.7 Å². The minimum absolute atomic E-state index is 0.116. The molecule has 0 bridgehead atoms. The fraction of sp³-hybridized carbons (Fsp3) is 1.00. The lowest BCUT2D eigenvalue weighted by molar-refractivity contribution is -0.148. The van der Waals surface area contributed by atoms with Gasteiger partial charge in [-0.25, -0.2) is 8.42 Å². The number of halogens is 3. The number of nitrogens with zero attached hydrogens (tertiary/aromatic N) is 2. The summed E-state index contributed by atoms with van der Waals surface area (Å²) in [6.07, 6.45) is -4.24. The fourth-order valence-corrected chi connectivity index (χ4v) is 3.60. The largest absolute Gasteiger partial charge is 0.401 e. The van der Waals surface area contributed by atoms with Gasteiger partial charge >= 0.3 is 6.18 Å². The third kappa shape index (κ3) is 4.90. The Morgan fingerprint density at radius 3 is 2.16 bits per heavy atom. The molecule has 0 aromatic carbocycles. The molecule has 1 aliphatic rings. The molecule has 5 nitrogen and oxygen atoms in total. The summed E-state index contributed by atoms with van der Waals surface area (Å²) in [7, 11) is -1.77. The Balaban J connectivity index is 2.54. The second kappa shape index (κ2) is 6.38. The van der Waals surface area contributed by atoms with Gasteiger partial charge in [0.15, 0.2) is 0 Å². The van der Waals surface area contributed by atoms with E-state index in [1.165, 1.54) is 9.21 Å². The molecule has 0 aliphatic carbocycles. The molecule has 9 heteroatoms. The van der Waals surface area contributed by atoms with Gasteiger partial charge in [-0.15, -0.1) is 0 Å². The van der Waals surface area contributed by atoms with Crippen molar-refractivity contribution in [2.45, 2.75) is 18.3 Å². The first kappa shape index (κ1) is 16.7. The summed E-state index contributed by atoms with van der Waals surface area (Å²) in [4.78, 5) is 1.23. The van der Waals surface area contributed by atoms with Gasteiger partial charge in [-0.2, -0.15) is 17.5 Å². The third-order valence-electron chi connectivity index (χ3n) is 3.09. The number of alkyl halides is 3. The van der Waals surface area contributed by atoms with Crippen LogP contribution in [0.4, 0.5) is 13.2 Å². The number of rotatable bonds is 5. The Hall–Kier alpha value is -0.380. The summed E-state index contributed by atoms with van der Waals surface area (Å²) >= 11 is 0. The van der Waals surface area contributed by atoms with Gasteiger partial charge in [-0.3, -0.25) is 4.90 Å². The van der Waals surface area contributed by atoms with Crippen molar-refractivity contribution in [1.82, 2.24) is 14.5 Å². The molecule has 1 N–H and O–H groups in total. The van der Waals surface area contributed by atoms with E-state index in [0.29, 0.717) is 6.54 Å². The molecule has 1 aliphatic heterocycles. The monoisotopic (exact) mass is 303 g/mol. The maximum Gasteiger partial charge on any atom is 0.401 e. The molecule has 0 spiro atoms. The molecule has 1 rings (SSSR count). The van der Waals surface area contributed by atoms with Gasteiger partial charge in [0.05, 0.1) is 11.8 Å². The van der Waals surface area contributed by atoms with Crippen molar-refractivity contribution in [1.29, 1.82) is 0 Å². The zero-order valence-electron chi connectivity index (χ0n) is 11.1. The van der Waals surface area contributed by atoms with Crippen LogP contribution in [0, 0.1) is 0 Å². The maximum atomic E-state index is 12.2. The van der Waals surface area contributed by atoms with E-state index in [1.54, 1.807) is 14.0 Å². The van der Waals surface area contributed by atoms with Gasteiger partial charge in [0, 0.05) is 32.7 Å². The summed E-state index contributed by atoms with van der Waals surface area (Å²) in [5.74, 6) is 0. The Kier molecular flexibility index (Phi) is 5.60. The zero-order chi connectivity index (χ0) is 14.7. The van der Waals surface area contributed by atoms with E-state index in [4.69, 9.17) is 0 Å². The van der Waals surface area contributed by atoms with Crippen molar-refractivity contribution in [3.63, 3.8) is 0 Å². The smallest absolute Gasteiger partial charge is 0.318 e. The highest BCUT2D eigenvalue weighted by Gasteiger charge is 2.35. The lowest BCUT2D eigenvalue weighted by atomic mass is 10.3. The summed E-state index contributed by atoms with van der Waals surface area (Å²) in [5, 5.41) is 2.21. The van der Waals surface area contributed by atoms with Crippen LogP contribution in [-0.2, 0) is 10.0 Å². The summed E-state index contributed by atoms with van der Waals surface area (Å²) in [5.41, 5.74) is 0. The fourth-order valence-electron chi connectivity index (χ4n) is 2.04. The molecule has 0 amide bonds. The molecule has 0 saturated carbocycles. The van der Waals surface area contributed by atoms with Crippen LogP contribution in [0.15, 0.2) is 0 Å². The zero-order valence-corrected chi connectivity index (χ0v) is 11.9. The van der Waals surface area contributed by atoms with Gasteiger partial charge in [0.2, 0.25) is 10.0 Å². The molecular weight excluding hydrogens is 283 g/mol. The van der Waals surface area contributed by atoms with E-state index < -0.39 is 28.0 Å². The Morgan fingerprint density at radius 1 is 1.21 bits per heavy atom. The molecule has 1 fully saturated rings. The number of nitrogens with one attached hydrogen (secondary N) is 1. The average molecular weight is 303 g/mol. The lowest BCUT2D eigenvalue weighted by Crippen LogP contribution is -2.53. The van der Waals surface area contributed by atoms with Gasteiger partial charge in [-0.1, -0.05) is 0 Å². The second-order valence-corrected chi connectivity index (χ2v) is 7.05. The highest BCUT2D eigenvalue weighted by atomic mass is 32.2. The maximum absolute atomic E-state index is 12.2. The predicted molar refractivity (Wildman–Crippen MR) is 66.4 cm³/mol. The Morgan fingerprint density at radius 2 is 1.74 bits per heavy atom. The van der Waals surface area contributed by atoms with E-state index >= 15 is 0 Å². The van der Waals surface area contributed by atoms with E-state index in [0.717, 1.165) is 0 Å². The Bertz CT molecular complexity index is 378. The first-order valence-electron chi connectivity index (χ1n) is 6.09. The van der Waals surface area contributed by atoms with Crippen LogP contribution in [0.2, 0.25) is 0 Å². The molecule has 1 heterocycles. The highest BCUT2D eigenvalue weighted by molar-refractivity contribution is 7.89. The number of piperazine rings is 1. The van der Waals surface area contributed by atoms with E-state index in [1.807, 2.05) is 0 Å². The number of hydrogen-bond donors (Lipinski definition) is 1. The van der Waals surface area contributed by atoms with E-state index in [9.17, 15) is 21.6 Å². The van der Waals surface area contributed by atoms with E-state index in [2.05, 4.69) is 5.32 Å². The molecule has 19 heavy (non-hydrogen) atoms. The molecule has 1 atom stereocenters.